The summed E-state index contributed by atoms with van der Waals surface area (Å²) >= 11 is 0. The van der Waals surface area contributed by atoms with Crippen LogP contribution in [-0.4, -0.2) is 21.1 Å². The van der Waals surface area contributed by atoms with Crippen molar-refractivity contribution in [3.05, 3.63) is 106 Å². The molecule has 0 aliphatic heterocycles. The van der Waals surface area contributed by atoms with Crippen molar-refractivity contribution in [1.82, 2.24) is 9.36 Å². The largest absolute Gasteiger partial charge is 0.316 e. The van der Waals surface area contributed by atoms with Gasteiger partial charge in [0.25, 0.3) is 11.5 Å². The average Bonchev–Trinajstić information content (AvgIpc) is 3.20. The summed E-state index contributed by atoms with van der Waals surface area (Å²) in [5.41, 5.74) is 4.03. The van der Waals surface area contributed by atoms with Gasteiger partial charge in [-0.25, -0.2) is 4.68 Å². The van der Waals surface area contributed by atoms with E-state index in [1.165, 1.54) is 4.68 Å². The molecule has 0 radical (unpaired) electrons. The van der Waals surface area contributed by atoms with E-state index in [1.807, 2.05) is 48.5 Å². The van der Waals surface area contributed by atoms with Crippen LogP contribution in [0.25, 0.3) is 16.8 Å². The van der Waals surface area contributed by atoms with Crippen molar-refractivity contribution in [3.63, 3.8) is 0 Å². The van der Waals surface area contributed by atoms with Crippen LogP contribution in [-0.2, 0) is 7.05 Å². The molecule has 1 aromatic heterocycles. The van der Waals surface area contributed by atoms with Gasteiger partial charge in [-0.3, -0.25) is 19.1 Å². The SMILES string of the molecule is Cc1c(NC(=O)c2cccc3c2-c2ccccc2C3=O)c(=O)n(-c2ccccc2)n1C. The Morgan fingerprint density at radius 3 is 2.19 bits per heavy atom. The summed E-state index contributed by atoms with van der Waals surface area (Å²) < 4.78 is 3.22. The number of carbonyl (C=O) groups is 2. The van der Waals surface area contributed by atoms with Crippen LogP contribution < -0.4 is 10.9 Å². The first-order chi connectivity index (χ1) is 15.0. The second-order valence-electron chi connectivity index (χ2n) is 7.49. The molecule has 0 bridgehead atoms. The van der Waals surface area contributed by atoms with Crippen LogP contribution in [0, 0.1) is 6.92 Å². The van der Waals surface area contributed by atoms with E-state index in [0.29, 0.717) is 33.6 Å². The molecule has 1 aliphatic rings. The monoisotopic (exact) mass is 409 g/mol. The second-order valence-corrected chi connectivity index (χ2v) is 7.49. The Labute approximate surface area is 178 Å². The number of fused-ring (bicyclic) bond motifs is 3. The van der Waals surface area contributed by atoms with Crippen LogP contribution in [0.15, 0.2) is 77.6 Å². The molecule has 1 amide bonds. The lowest BCUT2D eigenvalue weighted by molar-refractivity contribution is 0.102. The van der Waals surface area contributed by atoms with Crippen LogP contribution >= 0.6 is 0 Å². The van der Waals surface area contributed by atoms with Crippen molar-refractivity contribution in [2.75, 3.05) is 5.32 Å². The highest BCUT2D eigenvalue weighted by atomic mass is 16.2. The minimum atomic E-state index is -0.424. The molecule has 6 nitrogen and oxygen atoms in total. The van der Waals surface area contributed by atoms with Gasteiger partial charge in [0.2, 0.25) is 0 Å². The standard InChI is InChI=1S/C25H19N3O3/c1-15-22(25(31)28(27(15)2)16-9-4-3-5-10-16)26-24(30)20-14-8-13-19-21(20)17-11-6-7-12-18(17)23(19)29/h3-14H,1-2H3,(H,26,30). The van der Waals surface area contributed by atoms with E-state index in [2.05, 4.69) is 5.32 Å². The number of anilines is 1. The van der Waals surface area contributed by atoms with Crippen LogP contribution in [0.3, 0.4) is 0 Å². The Kier molecular flexibility index (Phi) is 4.22. The molecule has 0 atom stereocenters. The molecule has 4 aromatic rings. The van der Waals surface area contributed by atoms with Gasteiger partial charge in [-0.05, 0) is 30.7 Å². The number of aromatic nitrogens is 2. The summed E-state index contributed by atoms with van der Waals surface area (Å²) in [6.45, 7) is 1.78. The van der Waals surface area contributed by atoms with Gasteiger partial charge in [-0.2, -0.15) is 0 Å². The normalized spacial score (nSPS) is 11.9. The number of hydrogen-bond acceptors (Lipinski definition) is 3. The van der Waals surface area contributed by atoms with E-state index in [9.17, 15) is 14.4 Å². The molecule has 6 heteroatoms. The molecule has 0 fully saturated rings. The summed E-state index contributed by atoms with van der Waals surface area (Å²) in [4.78, 5) is 39.2. The van der Waals surface area contributed by atoms with Gasteiger partial charge in [0.15, 0.2) is 5.78 Å². The molecule has 0 spiro atoms. The topological polar surface area (TPSA) is 73.1 Å². The lowest BCUT2D eigenvalue weighted by Gasteiger charge is -2.09. The Morgan fingerprint density at radius 2 is 1.45 bits per heavy atom. The summed E-state index contributed by atoms with van der Waals surface area (Å²) in [6, 6.07) is 21.6. The van der Waals surface area contributed by atoms with E-state index in [-0.39, 0.29) is 17.0 Å². The Balaban J connectivity index is 1.59. The van der Waals surface area contributed by atoms with Gasteiger partial charge in [0.1, 0.15) is 5.69 Å². The minimum absolute atomic E-state index is 0.0948. The lowest BCUT2D eigenvalue weighted by Crippen LogP contribution is -2.23. The van der Waals surface area contributed by atoms with E-state index in [0.717, 1.165) is 5.56 Å². The summed E-state index contributed by atoms with van der Waals surface area (Å²) in [7, 11) is 1.77. The first-order valence-electron chi connectivity index (χ1n) is 9.91. The lowest BCUT2D eigenvalue weighted by atomic mass is 9.99. The zero-order chi connectivity index (χ0) is 21.7. The molecule has 1 aliphatic carbocycles. The van der Waals surface area contributed by atoms with Gasteiger partial charge in [0.05, 0.1) is 11.4 Å². The van der Waals surface area contributed by atoms with Crippen LogP contribution in [0.1, 0.15) is 32.0 Å². The third kappa shape index (κ3) is 2.76. The minimum Gasteiger partial charge on any atom is -0.316 e. The molecule has 0 unspecified atom stereocenters. The predicted octanol–water partition coefficient (Wildman–Crippen LogP) is 3.95. The number of nitrogens with one attached hydrogen (secondary N) is 1. The quantitative estimate of drug-likeness (QED) is 0.490. The molecule has 0 saturated carbocycles. The third-order valence-corrected chi connectivity index (χ3v) is 5.79. The van der Waals surface area contributed by atoms with Crippen molar-refractivity contribution in [2.45, 2.75) is 6.92 Å². The summed E-state index contributed by atoms with van der Waals surface area (Å²) in [5.74, 6) is -0.519. The number of nitrogens with zero attached hydrogens (tertiary/aromatic N) is 2. The number of hydrogen-bond donors (Lipinski definition) is 1. The highest BCUT2D eigenvalue weighted by Gasteiger charge is 2.30. The van der Waals surface area contributed by atoms with E-state index >= 15 is 0 Å². The molecule has 5 rings (SSSR count). The van der Waals surface area contributed by atoms with Crippen LogP contribution in [0.5, 0.6) is 0 Å². The number of ketones is 1. The number of benzene rings is 3. The van der Waals surface area contributed by atoms with E-state index < -0.39 is 5.91 Å². The number of rotatable bonds is 3. The van der Waals surface area contributed by atoms with Gasteiger partial charge in [0, 0.05) is 29.3 Å². The first kappa shape index (κ1) is 18.8. The van der Waals surface area contributed by atoms with Gasteiger partial charge < -0.3 is 5.32 Å². The maximum atomic E-state index is 13.3. The predicted molar refractivity (Wildman–Crippen MR) is 119 cm³/mol. The Bertz CT molecular complexity index is 1430. The smallest absolute Gasteiger partial charge is 0.295 e. The van der Waals surface area contributed by atoms with Crippen LogP contribution in [0.4, 0.5) is 5.69 Å². The molecule has 152 valence electrons. The molecule has 1 heterocycles. The molecular formula is C25H19N3O3. The van der Waals surface area contributed by atoms with E-state index in [4.69, 9.17) is 0 Å². The highest BCUT2D eigenvalue weighted by molar-refractivity contribution is 6.25. The maximum absolute atomic E-state index is 13.3. The Morgan fingerprint density at radius 1 is 0.806 bits per heavy atom. The van der Waals surface area contributed by atoms with Crippen molar-refractivity contribution in [2.24, 2.45) is 7.05 Å². The van der Waals surface area contributed by atoms with Gasteiger partial charge in [-0.15, -0.1) is 0 Å². The molecular weight excluding hydrogens is 390 g/mol. The average molecular weight is 409 g/mol. The molecule has 31 heavy (non-hydrogen) atoms. The maximum Gasteiger partial charge on any atom is 0.295 e. The number of carbonyl (C=O) groups excluding carboxylic acids is 2. The summed E-state index contributed by atoms with van der Waals surface area (Å²) in [6.07, 6.45) is 0. The molecule has 3 aromatic carbocycles. The molecule has 1 N–H and O–H groups in total. The van der Waals surface area contributed by atoms with Crippen molar-refractivity contribution in [3.8, 4) is 16.8 Å². The zero-order valence-corrected chi connectivity index (χ0v) is 17.0. The van der Waals surface area contributed by atoms with Crippen LogP contribution in [0.2, 0.25) is 0 Å². The van der Waals surface area contributed by atoms with Gasteiger partial charge in [-0.1, -0.05) is 54.6 Å². The fourth-order valence-electron chi connectivity index (χ4n) is 4.16. The fraction of sp³-hybridized carbons (Fsp3) is 0.0800. The highest BCUT2D eigenvalue weighted by Crippen LogP contribution is 2.39. The number of amides is 1. The number of para-hydroxylation sites is 1. The van der Waals surface area contributed by atoms with Crippen molar-refractivity contribution >= 4 is 17.4 Å². The second kappa shape index (κ2) is 6.95. The van der Waals surface area contributed by atoms with Crippen molar-refractivity contribution in [1.29, 1.82) is 0 Å². The van der Waals surface area contributed by atoms with Crippen molar-refractivity contribution < 1.29 is 9.59 Å². The third-order valence-electron chi connectivity index (χ3n) is 5.79. The first-order valence-corrected chi connectivity index (χ1v) is 9.91. The van der Waals surface area contributed by atoms with Gasteiger partial charge >= 0.3 is 0 Å². The van der Waals surface area contributed by atoms with E-state index in [1.54, 1.807) is 42.9 Å². The summed E-state index contributed by atoms with van der Waals surface area (Å²) in [5, 5.41) is 2.80. The Hall–Kier alpha value is -4.19. The zero-order valence-electron chi connectivity index (χ0n) is 17.0. The molecule has 0 saturated heterocycles. The fourth-order valence-corrected chi connectivity index (χ4v) is 4.16.